The van der Waals surface area contributed by atoms with E-state index in [2.05, 4.69) is 0 Å². The Hall–Kier alpha value is -1.82. The van der Waals surface area contributed by atoms with Crippen molar-refractivity contribution in [2.75, 3.05) is 0 Å². The lowest BCUT2D eigenvalue weighted by Gasteiger charge is -1.96. The zero-order valence-corrected chi connectivity index (χ0v) is 6.15. The molecule has 58 valence electrons. The number of nitrogens with zero attached hydrogens (tertiary/aromatic N) is 1. The molecule has 0 amide bonds. The Kier molecular flexibility index (Phi) is 1.34. The molecule has 1 aromatic rings. The fourth-order valence-electron chi connectivity index (χ4n) is 1.24. The summed E-state index contributed by atoms with van der Waals surface area (Å²) in [7, 11) is 0. The molecular formula is C9H5NO2. The number of esters is 1. The summed E-state index contributed by atoms with van der Waals surface area (Å²) >= 11 is 0. The van der Waals surface area contributed by atoms with Crippen molar-refractivity contribution in [3.63, 3.8) is 0 Å². The Morgan fingerprint density at radius 3 is 2.92 bits per heavy atom. The van der Waals surface area contributed by atoms with Crippen LogP contribution in [0.4, 0.5) is 0 Å². The number of ether oxygens (including phenoxy) is 1. The maximum absolute atomic E-state index is 11.1. The molecule has 1 aliphatic rings. The van der Waals surface area contributed by atoms with E-state index < -0.39 is 12.1 Å². The summed E-state index contributed by atoms with van der Waals surface area (Å²) in [4.78, 5) is 11.1. The molecule has 0 radical (unpaired) electrons. The van der Waals surface area contributed by atoms with Crippen molar-refractivity contribution in [1.29, 1.82) is 5.26 Å². The van der Waals surface area contributed by atoms with Crippen LogP contribution in [0.1, 0.15) is 22.0 Å². The van der Waals surface area contributed by atoms with Crippen molar-refractivity contribution in [2.24, 2.45) is 0 Å². The molecule has 0 spiro atoms. The summed E-state index contributed by atoms with van der Waals surface area (Å²) in [6.07, 6.45) is -0.714. The lowest BCUT2D eigenvalue weighted by atomic mass is 10.1. The summed E-state index contributed by atoms with van der Waals surface area (Å²) in [5, 5.41) is 8.60. The number of carbonyl (C=O) groups is 1. The summed E-state index contributed by atoms with van der Waals surface area (Å²) in [6.45, 7) is 0. The van der Waals surface area contributed by atoms with Crippen LogP contribution in [0.5, 0.6) is 0 Å². The maximum atomic E-state index is 11.1. The van der Waals surface area contributed by atoms with E-state index in [1.807, 2.05) is 6.07 Å². The van der Waals surface area contributed by atoms with Crippen molar-refractivity contribution in [3.05, 3.63) is 35.4 Å². The van der Waals surface area contributed by atoms with E-state index in [1.165, 1.54) is 0 Å². The van der Waals surface area contributed by atoms with Gasteiger partial charge in [0.25, 0.3) is 0 Å². The Bertz CT molecular complexity index is 378. The number of nitriles is 1. The molecule has 0 saturated heterocycles. The highest BCUT2D eigenvalue weighted by Gasteiger charge is 2.29. The van der Waals surface area contributed by atoms with Crippen LogP contribution in [-0.2, 0) is 4.74 Å². The van der Waals surface area contributed by atoms with Crippen LogP contribution in [0.25, 0.3) is 0 Å². The quantitative estimate of drug-likeness (QED) is 0.538. The van der Waals surface area contributed by atoms with Crippen LogP contribution < -0.4 is 0 Å². The summed E-state index contributed by atoms with van der Waals surface area (Å²) in [5.74, 6) is -0.405. The SMILES string of the molecule is N#C[C@H]1OC(=O)c2ccccc21. The van der Waals surface area contributed by atoms with Gasteiger partial charge in [0.1, 0.15) is 6.07 Å². The third-order valence-electron chi connectivity index (χ3n) is 1.81. The number of carbonyl (C=O) groups excluding carboxylic acids is 1. The minimum Gasteiger partial charge on any atom is -0.438 e. The lowest BCUT2D eigenvalue weighted by molar-refractivity contribution is 0.0478. The van der Waals surface area contributed by atoms with Gasteiger partial charge >= 0.3 is 5.97 Å². The van der Waals surface area contributed by atoms with Crippen molar-refractivity contribution in [1.82, 2.24) is 0 Å². The van der Waals surface area contributed by atoms with E-state index in [0.717, 1.165) is 0 Å². The van der Waals surface area contributed by atoms with Crippen LogP contribution in [0, 0.1) is 11.3 Å². The predicted octanol–water partition coefficient (Wildman–Crippen LogP) is 1.42. The topological polar surface area (TPSA) is 50.1 Å². The Morgan fingerprint density at radius 1 is 1.42 bits per heavy atom. The minimum atomic E-state index is -0.714. The molecule has 2 rings (SSSR count). The van der Waals surface area contributed by atoms with E-state index in [1.54, 1.807) is 24.3 Å². The van der Waals surface area contributed by atoms with Crippen LogP contribution >= 0.6 is 0 Å². The second-order valence-electron chi connectivity index (χ2n) is 2.50. The molecular weight excluding hydrogens is 154 g/mol. The number of benzene rings is 1. The average molecular weight is 159 g/mol. The van der Waals surface area contributed by atoms with Gasteiger partial charge in [0.2, 0.25) is 6.10 Å². The van der Waals surface area contributed by atoms with Crippen LogP contribution in [0.2, 0.25) is 0 Å². The first-order valence-corrected chi connectivity index (χ1v) is 3.52. The molecule has 0 aromatic heterocycles. The Morgan fingerprint density at radius 2 is 2.17 bits per heavy atom. The third kappa shape index (κ3) is 0.785. The van der Waals surface area contributed by atoms with Crippen LogP contribution in [0.15, 0.2) is 24.3 Å². The number of hydrogen-bond donors (Lipinski definition) is 0. The average Bonchev–Trinajstić information content (AvgIpc) is 2.44. The fraction of sp³-hybridized carbons (Fsp3) is 0.111. The van der Waals surface area contributed by atoms with E-state index in [4.69, 9.17) is 10.00 Å². The van der Waals surface area contributed by atoms with Gasteiger partial charge in [0, 0.05) is 5.56 Å². The predicted molar refractivity (Wildman–Crippen MR) is 40.2 cm³/mol. The lowest BCUT2D eigenvalue weighted by Crippen LogP contribution is -1.95. The molecule has 0 N–H and O–H groups in total. The molecule has 0 aliphatic carbocycles. The van der Waals surface area contributed by atoms with Crippen molar-refractivity contribution >= 4 is 5.97 Å². The molecule has 12 heavy (non-hydrogen) atoms. The first-order chi connectivity index (χ1) is 5.83. The molecule has 1 atom stereocenters. The first-order valence-electron chi connectivity index (χ1n) is 3.52. The second-order valence-corrected chi connectivity index (χ2v) is 2.50. The van der Waals surface area contributed by atoms with Gasteiger partial charge in [-0.2, -0.15) is 5.26 Å². The first kappa shape index (κ1) is 6.86. The smallest absolute Gasteiger partial charge is 0.340 e. The summed E-state index contributed by atoms with van der Waals surface area (Å²) in [6, 6.07) is 8.83. The van der Waals surface area contributed by atoms with Gasteiger partial charge in [0.15, 0.2) is 0 Å². The molecule has 0 bridgehead atoms. The molecule has 0 saturated carbocycles. The summed E-state index contributed by atoms with van der Waals surface area (Å²) in [5.41, 5.74) is 1.18. The fourth-order valence-corrected chi connectivity index (χ4v) is 1.24. The van der Waals surface area contributed by atoms with Crippen LogP contribution in [-0.4, -0.2) is 5.97 Å². The second kappa shape index (κ2) is 2.35. The van der Waals surface area contributed by atoms with Gasteiger partial charge in [-0.1, -0.05) is 18.2 Å². The number of hydrogen-bond acceptors (Lipinski definition) is 3. The molecule has 1 heterocycles. The van der Waals surface area contributed by atoms with E-state index >= 15 is 0 Å². The number of cyclic esters (lactones) is 1. The Balaban J connectivity index is 2.59. The minimum absolute atomic E-state index is 0.405. The van der Waals surface area contributed by atoms with E-state index in [-0.39, 0.29) is 0 Å². The Labute approximate surface area is 69.2 Å². The maximum Gasteiger partial charge on any atom is 0.340 e. The van der Waals surface area contributed by atoms with E-state index in [9.17, 15) is 4.79 Å². The van der Waals surface area contributed by atoms with Gasteiger partial charge < -0.3 is 4.74 Å². The van der Waals surface area contributed by atoms with Crippen molar-refractivity contribution in [3.8, 4) is 6.07 Å². The van der Waals surface area contributed by atoms with Gasteiger partial charge in [0.05, 0.1) is 5.56 Å². The molecule has 1 aliphatic heterocycles. The van der Waals surface area contributed by atoms with Gasteiger partial charge in [-0.25, -0.2) is 4.79 Å². The molecule has 3 nitrogen and oxygen atoms in total. The standard InChI is InChI=1S/C9H5NO2/c10-5-8-6-3-1-2-4-7(6)9(11)12-8/h1-4,8H/t8-/m1/s1. The normalized spacial score (nSPS) is 19.6. The zero-order chi connectivity index (χ0) is 8.55. The van der Waals surface area contributed by atoms with Gasteiger partial charge in [-0.05, 0) is 6.07 Å². The highest BCUT2D eigenvalue weighted by Crippen LogP contribution is 2.29. The monoisotopic (exact) mass is 159 g/mol. The van der Waals surface area contributed by atoms with Crippen molar-refractivity contribution < 1.29 is 9.53 Å². The van der Waals surface area contributed by atoms with Gasteiger partial charge in [-0.3, -0.25) is 0 Å². The number of fused-ring (bicyclic) bond motifs is 1. The zero-order valence-electron chi connectivity index (χ0n) is 6.15. The van der Waals surface area contributed by atoms with Crippen LogP contribution in [0.3, 0.4) is 0 Å². The van der Waals surface area contributed by atoms with Crippen molar-refractivity contribution in [2.45, 2.75) is 6.10 Å². The molecule has 0 fully saturated rings. The number of rotatable bonds is 0. The summed E-state index contributed by atoms with van der Waals surface area (Å²) < 4.78 is 4.78. The van der Waals surface area contributed by atoms with E-state index in [0.29, 0.717) is 11.1 Å². The molecule has 1 aromatic carbocycles. The largest absolute Gasteiger partial charge is 0.438 e. The molecule has 3 heteroatoms. The highest BCUT2D eigenvalue weighted by molar-refractivity contribution is 5.94. The third-order valence-corrected chi connectivity index (χ3v) is 1.81. The highest BCUT2D eigenvalue weighted by atomic mass is 16.5. The molecule has 0 unspecified atom stereocenters. The van der Waals surface area contributed by atoms with Gasteiger partial charge in [-0.15, -0.1) is 0 Å².